The topological polar surface area (TPSA) is 72.8 Å². The van der Waals surface area contributed by atoms with E-state index in [1.165, 1.54) is 27.2 Å². The van der Waals surface area contributed by atoms with E-state index in [0.29, 0.717) is 5.57 Å². The van der Waals surface area contributed by atoms with Crippen molar-refractivity contribution in [3.8, 4) is 0 Å². The van der Waals surface area contributed by atoms with E-state index in [-0.39, 0.29) is 5.57 Å². The van der Waals surface area contributed by atoms with Crippen molar-refractivity contribution in [2.75, 3.05) is 14.2 Å². The molecular formula is C12H16O5. The van der Waals surface area contributed by atoms with Gasteiger partial charge in [0.1, 0.15) is 5.41 Å². The number of hydrogen-bond acceptors (Lipinski definition) is 5. The number of carbonyl (C=O) groups is 2. The largest absolute Gasteiger partial charge is 0.468 e. The lowest BCUT2D eigenvalue weighted by Crippen LogP contribution is -2.45. The summed E-state index contributed by atoms with van der Waals surface area (Å²) in [6.07, 6.45) is 1.92. The Morgan fingerprint density at radius 2 is 1.94 bits per heavy atom. The summed E-state index contributed by atoms with van der Waals surface area (Å²) in [5, 5.41) is 9.93. The van der Waals surface area contributed by atoms with Crippen molar-refractivity contribution >= 4 is 11.9 Å². The van der Waals surface area contributed by atoms with Crippen molar-refractivity contribution in [1.82, 2.24) is 0 Å². The summed E-state index contributed by atoms with van der Waals surface area (Å²) < 4.78 is 9.31. The molecule has 1 aliphatic rings. The number of aliphatic hydroxyl groups is 1. The van der Waals surface area contributed by atoms with E-state index in [9.17, 15) is 14.7 Å². The SMILES string of the molecule is COC(=O)C1=C(C)C=C[C@H](O)[C@@]1(C)C(=O)OC. The van der Waals surface area contributed by atoms with E-state index in [4.69, 9.17) is 0 Å². The van der Waals surface area contributed by atoms with E-state index >= 15 is 0 Å². The monoisotopic (exact) mass is 240 g/mol. The first kappa shape index (κ1) is 13.4. The van der Waals surface area contributed by atoms with Gasteiger partial charge in [0.05, 0.1) is 25.9 Å². The molecule has 0 radical (unpaired) electrons. The molecule has 0 fully saturated rings. The number of methoxy groups -OCH3 is 2. The number of carbonyl (C=O) groups excluding carboxylic acids is 2. The van der Waals surface area contributed by atoms with Gasteiger partial charge in [-0.25, -0.2) is 4.79 Å². The molecule has 0 aromatic carbocycles. The van der Waals surface area contributed by atoms with E-state index < -0.39 is 23.5 Å². The first-order chi connectivity index (χ1) is 7.89. The normalized spacial score (nSPS) is 27.9. The van der Waals surface area contributed by atoms with Gasteiger partial charge in [0.15, 0.2) is 0 Å². The second-order valence-electron chi connectivity index (χ2n) is 4.05. The van der Waals surface area contributed by atoms with Gasteiger partial charge in [0.2, 0.25) is 0 Å². The lowest BCUT2D eigenvalue weighted by atomic mass is 9.72. The van der Waals surface area contributed by atoms with Crippen LogP contribution in [-0.2, 0) is 19.1 Å². The lowest BCUT2D eigenvalue weighted by Gasteiger charge is -2.34. The van der Waals surface area contributed by atoms with E-state index in [1.807, 2.05) is 0 Å². The van der Waals surface area contributed by atoms with Crippen molar-refractivity contribution in [3.05, 3.63) is 23.3 Å². The molecule has 2 atom stereocenters. The highest BCUT2D eigenvalue weighted by molar-refractivity contribution is 6.00. The van der Waals surface area contributed by atoms with Crippen LogP contribution in [0.4, 0.5) is 0 Å². The van der Waals surface area contributed by atoms with Crippen LogP contribution >= 0.6 is 0 Å². The lowest BCUT2D eigenvalue weighted by molar-refractivity contribution is -0.157. The summed E-state index contributed by atoms with van der Waals surface area (Å²) >= 11 is 0. The molecule has 0 amide bonds. The van der Waals surface area contributed by atoms with Crippen LogP contribution in [-0.4, -0.2) is 37.4 Å². The summed E-state index contributed by atoms with van der Waals surface area (Å²) in [5.41, 5.74) is -0.724. The fraction of sp³-hybridized carbons (Fsp3) is 0.500. The number of rotatable bonds is 2. The summed E-state index contributed by atoms with van der Waals surface area (Å²) in [6.45, 7) is 3.14. The molecule has 5 nitrogen and oxygen atoms in total. The van der Waals surface area contributed by atoms with Gasteiger partial charge in [0.25, 0.3) is 0 Å². The summed E-state index contributed by atoms with van der Waals surface area (Å²) in [6, 6.07) is 0. The minimum Gasteiger partial charge on any atom is -0.468 e. The third kappa shape index (κ3) is 1.98. The highest BCUT2D eigenvalue weighted by atomic mass is 16.5. The number of hydrogen-bond donors (Lipinski definition) is 1. The van der Waals surface area contributed by atoms with Crippen molar-refractivity contribution < 1.29 is 24.2 Å². The zero-order valence-corrected chi connectivity index (χ0v) is 10.3. The third-order valence-electron chi connectivity index (χ3n) is 3.03. The molecule has 17 heavy (non-hydrogen) atoms. The first-order valence-corrected chi connectivity index (χ1v) is 5.14. The Labute approximate surface area is 99.7 Å². The van der Waals surface area contributed by atoms with Crippen molar-refractivity contribution in [2.45, 2.75) is 20.0 Å². The molecule has 1 aliphatic carbocycles. The van der Waals surface area contributed by atoms with Crippen molar-refractivity contribution in [1.29, 1.82) is 0 Å². The Hall–Kier alpha value is -1.62. The molecule has 5 heteroatoms. The molecule has 0 saturated carbocycles. The predicted molar refractivity (Wildman–Crippen MR) is 60.0 cm³/mol. The predicted octanol–water partition coefficient (Wildman–Crippen LogP) is 0.586. The zero-order chi connectivity index (χ0) is 13.2. The molecule has 0 aromatic heterocycles. The van der Waals surface area contributed by atoms with Crippen LogP contribution in [0.25, 0.3) is 0 Å². The van der Waals surface area contributed by atoms with Crippen molar-refractivity contribution in [2.24, 2.45) is 5.41 Å². The summed E-state index contributed by atoms with van der Waals surface area (Å²) in [5.74, 6) is -1.31. The Morgan fingerprint density at radius 1 is 1.35 bits per heavy atom. The molecule has 0 aromatic rings. The van der Waals surface area contributed by atoms with Gasteiger partial charge in [-0.15, -0.1) is 0 Å². The minimum absolute atomic E-state index is 0.127. The molecule has 0 heterocycles. The maximum atomic E-state index is 11.8. The molecular weight excluding hydrogens is 224 g/mol. The highest BCUT2D eigenvalue weighted by Gasteiger charge is 2.49. The molecule has 0 saturated heterocycles. The number of ether oxygens (including phenoxy) is 2. The van der Waals surface area contributed by atoms with Crippen LogP contribution in [0.3, 0.4) is 0 Å². The zero-order valence-electron chi connectivity index (χ0n) is 10.3. The van der Waals surface area contributed by atoms with E-state index in [1.54, 1.807) is 13.0 Å². The minimum atomic E-state index is -1.43. The van der Waals surface area contributed by atoms with Crippen LogP contribution in [0.15, 0.2) is 23.3 Å². The van der Waals surface area contributed by atoms with Gasteiger partial charge in [0, 0.05) is 0 Å². The molecule has 0 aliphatic heterocycles. The Morgan fingerprint density at radius 3 is 2.41 bits per heavy atom. The second-order valence-corrected chi connectivity index (χ2v) is 4.05. The summed E-state index contributed by atoms with van der Waals surface area (Å²) in [4.78, 5) is 23.5. The van der Waals surface area contributed by atoms with Crippen LogP contribution in [0.1, 0.15) is 13.8 Å². The molecule has 0 spiro atoms. The average molecular weight is 240 g/mol. The maximum absolute atomic E-state index is 11.8. The Kier molecular flexibility index (Phi) is 3.72. The molecule has 0 bridgehead atoms. The average Bonchev–Trinajstić information content (AvgIpc) is 2.32. The molecule has 1 N–H and O–H groups in total. The van der Waals surface area contributed by atoms with Crippen LogP contribution < -0.4 is 0 Å². The maximum Gasteiger partial charge on any atom is 0.335 e. The van der Waals surface area contributed by atoms with E-state index in [2.05, 4.69) is 9.47 Å². The van der Waals surface area contributed by atoms with Gasteiger partial charge in [-0.2, -0.15) is 0 Å². The standard InChI is InChI=1S/C12H16O5/c1-7-5-6-8(13)12(2,11(15)17-4)9(7)10(14)16-3/h5-6,8,13H,1-4H3/t8-,12+/m0/s1. The number of aliphatic hydroxyl groups excluding tert-OH is 1. The van der Waals surface area contributed by atoms with Crippen LogP contribution in [0.2, 0.25) is 0 Å². The van der Waals surface area contributed by atoms with Gasteiger partial charge in [-0.1, -0.05) is 12.2 Å². The molecule has 94 valence electrons. The smallest absolute Gasteiger partial charge is 0.335 e. The summed E-state index contributed by atoms with van der Waals surface area (Å²) in [7, 11) is 2.44. The van der Waals surface area contributed by atoms with Crippen molar-refractivity contribution in [3.63, 3.8) is 0 Å². The second kappa shape index (κ2) is 4.71. The van der Waals surface area contributed by atoms with Crippen LogP contribution in [0, 0.1) is 5.41 Å². The Bertz CT molecular complexity index is 407. The van der Waals surface area contributed by atoms with Crippen LogP contribution in [0.5, 0.6) is 0 Å². The van der Waals surface area contributed by atoms with Gasteiger partial charge < -0.3 is 14.6 Å². The van der Waals surface area contributed by atoms with Gasteiger partial charge >= 0.3 is 11.9 Å². The quantitative estimate of drug-likeness (QED) is 0.715. The van der Waals surface area contributed by atoms with E-state index in [0.717, 1.165) is 0 Å². The fourth-order valence-corrected chi connectivity index (χ4v) is 1.98. The number of esters is 2. The van der Waals surface area contributed by atoms with Gasteiger partial charge in [-0.3, -0.25) is 4.79 Å². The first-order valence-electron chi connectivity index (χ1n) is 5.14. The third-order valence-corrected chi connectivity index (χ3v) is 3.03. The molecule has 0 unspecified atom stereocenters. The number of allylic oxidation sites excluding steroid dienone is 2. The molecule has 1 rings (SSSR count). The van der Waals surface area contributed by atoms with Gasteiger partial charge in [-0.05, 0) is 19.4 Å². The fourth-order valence-electron chi connectivity index (χ4n) is 1.98. The highest BCUT2D eigenvalue weighted by Crippen LogP contribution is 2.39. The Balaban J connectivity index is 3.38.